The number of H-pyrrole nitrogens is 1. The van der Waals surface area contributed by atoms with Gasteiger partial charge in [-0.1, -0.05) is 90.1 Å². The molecule has 0 radical (unpaired) electrons. The van der Waals surface area contributed by atoms with Gasteiger partial charge in [0.2, 0.25) is 47.3 Å². The number of aromatic nitrogens is 1. The Kier molecular flexibility index (Phi) is 24.7. The number of carbonyl (C=O) groups excluding carboxylic acids is 8. The fourth-order valence-corrected chi connectivity index (χ4v) is 9.27. The maximum atomic E-state index is 14.7. The van der Waals surface area contributed by atoms with Crippen molar-refractivity contribution in [2.75, 3.05) is 13.1 Å². The second kappa shape index (κ2) is 30.5. The zero-order valence-electron chi connectivity index (χ0n) is 46.5. The molecule has 0 bridgehead atoms. The van der Waals surface area contributed by atoms with Gasteiger partial charge >= 0.3 is 5.97 Å². The number of amides is 8. The van der Waals surface area contributed by atoms with E-state index in [2.05, 4.69) is 47.2 Å². The van der Waals surface area contributed by atoms with E-state index >= 15 is 0 Å². The van der Waals surface area contributed by atoms with Crippen LogP contribution in [0.1, 0.15) is 105 Å². The molecule has 0 saturated carbocycles. The highest BCUT2D eigenvalue weighted by atomic mass is 16.4. The Bertz CT molecular complexity index is 2600. The number of hydrogen-bond donors (Lipinski definition) is 13. The lowest BCUT2D eigenvalue weighted by atomic mass is 9.99. The average molecular weight is 1100 g/mol. The number of carboxylic acid groups (broad SMARTS) is 1. The molecule has 16 N–H and O–H groups in total. The highest BCUT2D eigenvalue weighted by molar-refractivity contribution is 5.99. The van der Waals surface area contributed by atoms with E-state index in [4.69, 9.17) is 17.2 Å². The summed E-state index contributed by atoms with van der Waals surface area (Å²) in [5.41, 5.74) is 19.5. The first-order valence-corrected chi connectivity index (χ1v) is 27.0. The normalized spacial score (nSPS) is 16.8. The first kappa shape index (κ1) is 63.9. The van der Waals surface area contributed by atoms with Crippen LogP contribution >= 0.6 is 0 Å². The number of para-hydroxylation sites is 1. The molecule has 24 nitrogen and oxygen atoms in total. The number of nitrogens with two attached hydrogens (primary N) is 3. The van der Waals surface area contributed by atoms with E-state index in [0.717, 1.165) is 16.5 Å². The maximum Gasteiger partial charge on any atom is 0.326 e. The smallest absolute Gasteiger partial charge is 0.326 e. The molecule has 10 atom stereocenters. The molecule has 4 rings (SSSR count). The predicted molar refractivity (Wildman–Crippen MR) is 297 cm³/mol. The molecule has 2 heterocycles. The molecule has 0 unspecified atom stereocenters. The number of fused-ring (bicyclic) bond motifs is 1. The van der Waals surface area contributed by atoms with Gasteiger partial charge in [0.05, 0.1) is 12.1 Å². The van der Waals surface area contributed by atoms with E-state index < -0.39 is 120 Å². The zero-order chi connectivity index (χ0) is 58.7. The van der Waals surface area contributed by atoms with Crippen LogP contribution in [0.5, 0.6) is 0 Å². The summed E-state index contributed by atoms with van der Waals surface area (Å²) in [6.45, 7) is 13.5. The number of aliphatic hydroxyl groups excluding tert-OH is 1. The van der Waals surface area contributed by atoms with Crippen molar-refractivity contribution in [2.45, 2.75) is 167 Å². The van der Waals surface area contributed by atoms with Crippen LogP contribution in [0.2, 0.25) is 0 Å². The highest BCUT2D eigenvalue weighted by Gasteiger charge is 2.41. The van der Waals surface area contributed by atoms with Crippen molar-refractivity contribution in [3.8, 4) is 0 Å². The Morgan fingerprint density at radius 1 is 0.671 bits per heavy atom. The molecule has 1 fully saturated rings. The molecule has 2 aromatic carbocycles. The number of aliphatic carboxylic acids is 1. The van der Waals surface area contributed by atoms with E-state index in [9.17, 15) is 53.4 Å². The maximum absolute atomic E-state index is 14.7. The van der Waals surface area contributed by atoms with Gasteiger partial charge in [-0.3, -0.25) is 43.3 Å². The molecule has 1 saturated heterocycles. The number of rotatable bonds is 30. The monoisotopic (exact) mass is 1100 g/mol. The summed E-state index contributed by atoms with van der Waals surface area (Å²) in [5.74, 6) is -8.11. The number of aromatic amines is 1. The van der Waals surface area contributed by atoms with E-state index in [-0.39, 0.29) is 75.8 Å². The van der Waals surface area contributed by atoms with Crippen LogP contribution in [0.3, 0.4) is 0 Å². The van der Waals surface area contributed by atoms with Crippen molar-refractivity contribution >= 4 is 70.1 Å². The Morgan fingerprint density at radius 2 is 1.24 bits per heavy atom. The molecule has 1 aliphatic heterocycles. The van der Waals surface area contributed by atoms with Crippen LogP contribution < -0.4 is 54.4 Å². The van der Waals surface area contributed by atoms with Crippen molar-refractivity contribution in [1.82, 2.24) is 47.1 Å². The van der Waals surface area contributed by atoms with Gasteiger partial charge in [-0.15, -0.1) is 0 Å². The SMILES string of the molecule is CC(C)C[C@H](NC(=O)[C@@H](N)Cc1ccccc1)C(=O)N[C@@H](CCCN=C(N)N)C(=O)N[C@H](C(=O)N[C@@H](Cc1c[nH]c2ccccc12)C(=O)N[C@@H](CC(C)C)C(=O)N1CCC[C@H]1C(=O)N[C@@H](C)C(=O)N[C@H](C(=O)O)C(C)C)[C@@H](C)O. The predicted octanol–water partition coefficient (Wildman–Crippen LogP) is -0.0479. The van der Waals surface area contributed by atoms with Crippen LogP contribution in [-0.2, 0) is 56.0 Å². The molecule has 1 aliphatic rings. The fraction of sp³-hybridized carbons (Fsp3) is 0.564. The fourth-order valence-electron chi connectivity index (χ4n) is 9.27. The number of aliphatic imine (C=N–C) groups is 1. The summed E-state index contributed by atoms with van der Waals surface area (Å²) in [7, 11) is 0. The van der Waals surface area contributed by atoms with Gasteiger partial charge in [0.25, 0.3) is 0 Å². The lowest BCUT2D eigenvalue weighted by Crippen LogP contribution is -2.62. The topological polar surface area (TPSA) is 388 Å². The quantitative estimate of drug-likeness (QED) is 0.0237. The summed E-state index contributed by atoms with van der Waals surface area (Å²) in [6.07, 6.45) is 1.20. The van der Waals surface area contributed by atoms with Gasteiger partial charge < -0.3 is 74.5 Å². The molecule has 0 spiro atoms. The number of carboxylic acids is 1. The van der Waals surface area contributed by atoms with Gasteiger partial charge in [-0.2, -0.15) is 0 Å². The van der Waals surface area contributed by atoms with Gasteiger partial charge in [0.1, 0.15) is 48.3 Å². The molecule has 8 amide bonds. The minimum absolute atomic E-state index is 0.0609. The van der Waals surface area contributed by atoms with E-state index in [1.807, 2.05) is 76.2 Å². The van der Waals surface area contributed by atoms with E-state index in [1.54, 1.807) is 26.1 Å². The number of guanidine groups is 1. The van der Waals surface area contributed by atoms with Gasteiger partial charge in [-0.05, 0) is 93.7 Å². The van der Waals surface area contributed by atoms with Crippen molar-refractivity contribution < 1.29 is 53.4 Å². The summed E-state index contributed by atoms with van der Waals surface area (Å²) in [6, 6.07) is 5.11. The van der Waals surface area contributed by atoms with Gasteiger partial charge in [0, 0.05) is 36.6 Å². The first-order valence-electron chi connectivity index (χ1n) is 27.0. The third-order valence-corrected chi connectivity index (χ3v) is 13.5. The van der Waals surface area contributed by atoms with Crippen molar-refractivity contribution in [3.05, 3.63) is 71.9 Å². The van der Waals surface area contributed by atoms with Crippen LogP contribution in [0, 0.1) is 17.8 Å². The summed E-state index contributed by atoms with van der Waals surface area (Å²) in [5, 5.41) is 40.0. The molecule has 3 aromatic rings. The second-order valence-electron chi connectivity index (χ2n) is 21.5. The number of nitrogens with one attached hydrogen (secondary N) is 8. The third-order valence-electron chi connectivity index (χ3n) is 13.5. The Morgan fingerprint density at radius 3 is 1.86 bits per heavy atom. The number of hydrogen-bond acceptors (Lipinski definition) is 12. The summed E-state index contributed by atoms with van der Waals surface area (Å²) >= 11 is 0. The van der Waals surface area contributed by atoms with Crippen LogP contribution in [-0.4, -0.2) is 153 Å². The summed E-state index contributed by atoms with van der Waals surface area (Å²) < 4.78 is 0. The lowest BCUT2D eigenvalue weighted by molar-refractivity contribution is -0.144. The van der Waals surface area contributed by atoms with Gasteiger partial charge in [0.15, 0.2) is 5.96 Å². The van der Waals surface area contributed by atoms with Gasteiger partial charge in [-0.25, -0.2) is 4.79 Å². The Balaban J connectivity index is 1.59. The van der Waals surface area contributed by atoms with E-state index in [0.29, 0.717) is 12.0 Å². The number of likely N-dealkylation sites (tertiary alicyclic amines) is 1. The lowest BCUT2D eigenvalue weighted by Gasteiger charge is -2.31. The van der Waals surface area contributed by atoms with Crippen molar-refractivity contribution in [1.29, 1.82) is 0 Å². The van der Waals surface area contributed by atoms with Crippen LogP contribution in [0.25, 0.3) is 10.9 Å². The number of carbonyl (C=O) groups is 9. The molecular weight excluding hydrogens is 1020 g/mol. The Labute approximate surface area is 461 Å². The summed E-state index contributed by atoms with van der Waals surface area (Å²) in [4.78, 5) is 132. The highest BCUT2D eigenvalue weighted by Crippen LogP contribution is 2.23. The first-order chi connectivity index (χ1) is 37.3. The molecule has 1 aromatic heterocycles. The van der Waals surface area contributed by atoms with Crippen molar-refractivity contribution in [2.24, 2.45) is 39.9 Å². The standard InChI is InChI=1S/C55H83N13O11/c1-29(2)24-40(63-47(71)37(56)26-34-16-10-9-11-17-34)49(73)62-39(20-14-22-59-55(57)58)48(72)67-45(33(8)69)52(76)64-41(27-35-28-60-38-19-13-12-18-36(35)38)50(74)65-42(25-30(3)4)53(77)68-23-15-21-43(68)51(75)61-32(7)46(70)66-44(31(5)6)54(78)79/h9-13,16-19,28-33,37,39-45,60,69H,14-15,20-27,56H2,1-8H3,(H,61,75)(H,62,73)(H,63,71)(H,64,76)(H,65,74)(H,66,70)(H,67,72)(H,78,79)(H4,57,58,59)/t32-,33+,37-,39-,40-,41-,42-,43-,44-,45-/m0/s1. The Hall–Kier alpha value is -7.60. The van der Waals surface area contributed by atoms with E-state index in [1.165, 1.54) is 18.7 Å². The average Bonchev–Trinajstić information content (AvgIpc) is 4.07. The zero-order valence-corrected chi connectivity index (χ0v) is 46.5. The molecule has 79 heavy (non-hydrogen) atoms. The number of nitrogens with zero attached hydrogens (tertiary/aromatic N) is 2. The van der Waals surface area contributed by atoms with Crippen molar-refractivity contribution in [3.63, 3.8) is 0 Å². The third kappa shape index (κ3) is 19.7. The second-order valence-corrected chi connectivity index (χ2v) is 21.5. The minimum Gasteiger partial charge on any atom is -0.480 e. The number of benzene rings is 2. The van der Waals surface area contributed by atoms with Crippen LogP contribution in [0.4, 0.5) is 0 Å². The number of aliphatic hydroxyl groups is 1. The molecule has 434 valence electrons. The molecular formula is C55H83N13O11. The molecule has 0 aliphatic carbocycles. The largest absolute Gasteiger partial charge is 0.480 e. The minimum atomic E-state index is -1.72. The molecule has 24 heteroatoms. The van der Waals surface area contributed by atoms with Crippen LogP contribution in [0.15, 0.2) is 65.8 Å².